The van der Waals surface area contributed by atoms with Gasteiger partial charge in [-0.3, -0.25) is 4.79 Å². The lowest BCUT2D eigenvalue weighted by atomic mass is 9.99. The van der Waals surface area contributed by atoms with E-state index in [1.807, 2.05) is 41.3 Å². The van der Waals surface area contributed by atoms with Gasteiger partial charge in [0.1, 0.15) is 0 Å². The van der Waals surface area contributed by atoms with Gasteiger partial charge in [0.05, 0.1) is 17.4 Å². The van der Waals surface area contributed by atoms with Gasteiger partial charge in [0, 0.05) is 23.4 Å². The van der Waals surface area contributed by atoms with Gasteiger partial charge in [0.15, 0.2) is 0 Å². The van der Waals surface area contributed by atoms with Gasteiger partial charge in [-0.05, 0) is 55.6 Å². The minimum Gasteiger partial charge on any atom is -0.345 e. The molecule has 1 aromatic heterocycles. The molecule has 0 bridgehead atoms. The fraction of sp³-hybridized carbons (Fsp3) is 0.263. The van der Waals surface area contributed by atoms with Crippen molar-refractivity contribution < 1.29 is 4.79 Å². The third kappa shape index (κ3) is 2.47. The highest BCUT2D eigenvalue weighted by Crippen LogP contribution is 2.33. The maximum Gasteiger partial charge on any atom is 0.258 e. The van der Waals surface area contributed by atoms with E-state index in [0.29, 0.717) is 12.1 Å². The monoisotopic (exact) mass is 320 g/mol. The van der Waals surface area contributed by atoms with Crippen LogP contribution in [-0.2, 0) is 12.8 Å². The molecule has 0 saturated carbocycles. The smallest absolute Gasteiger partial charge is 0.258 e. The number of anilines is 1. The van der Waals surface area contributed by atoms with Crippen molar-refractivity contribution in [1.29, 1.82) is 0 Å². The molecule has 5 heteroatoms. The molecule has 122 valence electrons. The zero-order valence-electron chi connectivity index (χ0n) is 13.5. The molecule has 0 unspecified atom stereocenters. The van der Waals surface area contributed by atoms with Crippen molar-refractivity contribution in [3.8, 4) is 0 Å². The Morgan fingerprint density at radius 3 is 2.83 bits per heavy atom. The number of benzene rings is 2. The third-order valence-electron chi connectivity index (χ3n) is 4.65. The molecule has 3 aromatic rings. The summed E-state index contributed by atoms with van der Waals surface area (Å²) >= 11 is 0. The van der Waals surface area contributed by atoms with Gasteiger partial charge in [-0.2, -0.15) is 0 Å². The first-order chi connectivity index (χ1) is 11.8. The molecule has 3 N–H and O–H groups in total. The molecule has 1 amide bonds. The average Bonchev–Trinajstić information content (AvgIpc) is 3.11. The van der Waals surface area contributed by atoms with E-state index in [9.17, 15) is 4.79 Å². The molecule has 0 radical (unpaired) electrons. The summed E-state index contributed by atoms with van der Waals surface area (Å²) in [5, 5.41) is 0. The number of nitrogens with two attached hydrogens (primary N) is 1. The Morgan fingerprint density at radius 1 is 1.21 bits per heavy atom. The molecule has 24 heavy (non-hydrogen) atoms. The number of hydrogen-bond donors (Lipinski definition) is 2. The largest absolute Gasteiger partial charge is 0.345 e. The molecule has 0 aliphatic carbocycles. The Bertz CT molecular complexity index is 882. The summed E-state index contributed by atoms with van der Waals surface area (Å²) in [6, 6.07) is 11.8. The van der Waals surface area contributed by atoms with Crippen molar-refractivity contribution >= 4 is 22.6 Å². The van der Waals surface area contributed by atoms with Crippen molar-refractivity contribution in [3.63, 3.8) is 0 Å². The Labute approximate surface area is 140 Å². The fourth-order valence-corrected chi connectivity index (χ4v) is 3.44. The first-order valence-corrected chi connectivity index (χ1v) is 8.34. The molecule has 0 fully saturated rings. The number of aromatic nitrogens is 2. The molecule has 2 heterocycles. The molecule has 0 atom stereocenters. The first kappa shape index (κ1) is 14.9. The molecule has 0 saturated heterocycles. The van der Waals surface area contributed by atoms with Gasteiger partial charge >= 0.3 is 0 Å². The van der Waals surface area contributed by atoms with Crippen LogP contribution < -0.4 is 10.6 Å². The van der Waals surface area contributed by atoms with E-state index in [2.05, 4.69) is 9.97 Å². The molecule has 1 aliphatic rings. The maximum atomic E-state index is 13.0. The lowest BCUT2D eigenvalue weighted by Gasteiger charge is -2.29. The van der Waals surface area contributed by atoms with E-state index in [-0.39, 0.29) is 5.91 Å². The molecular weight excluding hydrogens is 300 g/mol. The number of carbonyl (C=O) groups excluding carboxylic acids is 1. The van der Waals surface area contributed by atoms with Crippen LogP contribution in [0.5, 0.6) is 0 Å². The topological polar surface area (TPSA) is 75.0 Å². The van der Waals surface area contributed by atoms with E-state index >= 15 is 0 Å². The van der Waals surface area contributed by atoms with E-state index in [1.54, 1.807) is 6.33 Å². The number of rotatable bonds is 3. The standard InChI is InChI=1S/C19H20N4O/c20-10-9-13-3-5-14(6-4-13)19(24)23-11-1-2-15-17(23)8-7-16-18(15)22-12-21-16/h3-8,12H,1-2,9-11,20H2,(H,21,22). The maximum absolute atomic E-state index is 13.0. The molecule has 4 rings (SSSR count). The van der Waals surface area contributed by atoms with Gasteiger partial charge in [-0.1, -0.05) is 12.1 Å². The summed E-state index contributed by atoms with van der Waals surface area (Å²) in [5.74, 6) is 0.0464. The first-order valence-electron chi connectivity index (χ1n) is 8.34. The highest BCUT2D eigenvalue weighted by atomic mass is 16.2. The second kappa shape index (κ2) is 6.09. The SMILES string of the molecule is NCCc1ccc(C(=O)N2CCCc3c2ccc2[nH]cnc32)cc1. The van der Waals surface area contributed by atoms with Gasteiger partial charge in [0.25, 0.3) is 5.91 Å². The van der Waals surface area contributed by atoms with E-state index in [0.717, 1.165) is 53.7 Å². The highest BCUT2D eigenvalue weighted by molar-refractivity contribution is 6.08. The fourth-order valence-electron chi connectivity index (χ4n) is 3.44. The minimum absolute atomic E-state index is 0.0464. The normalized spacial score (nSPS) is 14.0. The van der Waals surface area contributed by atoms with Crippen molar-refractivity contribution in [2.24, 2.45) is 5.73 Å². The molecule has 0 spiro atoms. The summed E-state index contributed by atoms with van der Waals surface area (Å²) in [7, 11) is 0. The van der Waals surface area contributed by atoms with Gasteiger partial charge in [0.2, 0.25) is 0 Å². The lowest BCUT2D eigenvalue weighted by molar-refractivity contribution is 0.0985. The zero-order valence-corrected chi connectivity index (χ0v) is 13.5. The summed E-state index contributed by atoms with van der Waals surface area (Å²) < 4.78 is 0. The van der Waals surface area contributed by atoms with Crippen molar-refractivity contribution in [3.05, 3.63) is 59.4 Å². The Kier molecular flexibility index (Phi) is 3.78. The number of H-pyrrole nitrogens is 1. The van der Waals surface area contributed by atoms with Crippen LogP contribution in [0.3, 0.4) is 0 Å². The summed E-state index contributed by atoms with van der Waals surface area (Å²) in [4.78, 5) is 22.4. The van der Waals surface area contributed by atoms with Crippen LogP contribution in [0.1, 0.15) is 27.9 Å². The summed E-state index contributed by atoms with van der Waals surface area (Å²) in [6.07, 6.45) is 4.45. The quantitative estimate of drug-likeness (QED) is 0.779. The number of fused-ring (bicyclic) bond motifs is 3. The van der Waals surface area contributed by atoms with E-state index in [1.165, 1.54) is 0 Å². The van der Waals surface area contributed by atoms with Crippen molar-refractivity contribution in [2.45, 2.75) is 19.3 Å². The number of aryl methyl sites for hydroxylation is 1. The van der Waals surface area contributed by atoms with Gasteiger partial charge in [-0.15, -0.1) is 0 Å². The van der Waals surface area contributed by atoms with Gasteiger partial charge in [-0.25, -0.2) is 4.98 Å². The van der Waals surface area contributed by atoms with Crippen LogP contribution in [-0.4, -0.2) is 29.0 Å². The van der Waals surface area contributed by atoms with Crippen LogP contribution in [0.2, 0.25) is 0 Å². The number of nitrogens with zero attached hydrogens (tertiary/aromatic N) is 2. The Hall–Kier alpha value is -2.66. The summed E-state index contributed by atoms with van der Waals surface area (Å²) in [6.45, 7) is 1.36. The summed E-state index contributed by atoms with van der Waals surface area (Å²) in [5.41, 5.74) is 11.6. The van der Waals surface area contributed by atoms with Crippen LogP contribution in [0.25, 0.3) is 11.0 Å². The molecule has 1 aliphatic heterocycles. The number of hydrogen-bond acceptors (Lipinski definition) is 3. The molecular formula is C19H20N4O. The minimum atomic E-state index is 0.0464. The Balaban J connectivity index is 1.69. The van der Waals surface area contributed by atoms with E-state index < -0.39 is 0 Å². The number of imidazole rings is 1. The van der Waals surface area contributed by atoms with Crippen molar-refractivity contribution in [2.75, 3.05) is 18.0 Å². The van der Waals surface area contributed by atoms with Crippen LogP contribution in [0.4, 0.5) is 5.69 Å². The van der Waals surface area contributed by atoms with Crippen LogP contribution in [0.15, 0.2) is 42.7 Å². The number of amides is 1. The lowest BCUT2D eigenvalue weighted by Crippen LogP contribution is -2.35. The Morgan fingerprint density at radius 2 is 2.04 bits per heavy atom. The number of aromatic amines is 1. The average molecular weight is 320 g/mol. The van der Waals surface area contributed by atoms with E-state index in [4.69, 9.17) is 5.73 Å². The van der Waals surface area contributed by atoms with Crippen LogP contribution >= 0.6 is 0 Å². The van der Waals surface area contributed by atoms with Gasteiger partial charge < -0.3 is 15.6 Å². The van der Waals surface area contributed by atoms with Crippen molar-refractivity contribution in [1.82, 2.24) is 9.97 Å². The third-order valence-corrected chi connectivity index (χ3v) is 4.65. The number of nitrogens with one attached hydrogen (secondary N) is 1. The second-order valence-electron chi connectivity index (χ2n) is 6.16. The zero-order chi connectivity index (χ0) is 16.5. The second-order valence-corrected chi connectivity index (χ2v) is 6.16. The van der Waals surface area contributed by atoms with Crippen LogP contribution in [0, 0.1) is 0 Å². The predicted octanol–water partition coefficient (Wildman–Crippen LogP) is 2.66. The molecule has 2 aromatic carbocycles. The number of carbonyl (C=O) groups is 1. The predicted molar refractivity (Wildman–Crippen MR) is 95.3 cm³/mol. The molecule has 5 nitrogen and oxygen atoms in total. The highest BCUT2D eigenvalue weighted by Gasteiger charge is 2.25.